The zero-order chi connectivity index (χ0) is 17.4. The molecule has 3 aromatic rings. The minimum absolute atomic E-state index is 0.0421. The summed E-state index contributed by atoms with van der Waals surface area (Å²) in [5.41, 5.74) is 3.93. The van der Waals surface area contributed by atoms with Crippen molar-refractivity contribution in [3.05, 3.63) is 81.4 Å². The third-order valence-electron chi connectivity index (χ3n) is 4.79. The molecular weight excluding hydrogens is 314 g/mol. The maximum absolute atomic E-state index is 12.6. The largest absolute Gasteiger partial charge is 0.349 e. The van der Waals surface area contributed by atoms with Gasteiger partial charge in [0.2, 0.25) is 0 Å². The molecule has 1 N–H and O–H groups in total. The van der Waals surface area contributed by atoms with Gasteiger partial charge in [0, 0.05) is 18.4 Å². The van der Waals surface area contributed by atoms with Gasteiger partial charge in [0.25, 0.3) is 11.5 Å². The first-order valence-corrected chi connectivity index (χ1v) is 8.47. The highest BCUT2D eigenvalue weighted by atomic mass is 16.2. The van der Waals surface area contributed by atoms with Gasteiger partial charge in [-0.3, -0.25) is 14.0 Å². The van der Waals surface area contributed by atoms with Gasteiger partial charge in [-0.25, -0.2) is 4.98 Å². The van der Waals surface area contributed by atoms with Crippen LogP contribution in [0.3, 0.4) is 0 Å². The number of pyridine rings is 1. The Hall–Kier alpha value is -2.95. The minimum Gasteiger partial charge on any atom is -0.349 e. The second-order valence-electron chi connectivity index (χ2n) is 6.59. The van der Waals surface area contributed by atoms with E-state index in [4.69, 9.17) is 0 Å². The molecule has 0 radical (unpaired) electrons. The monoisotopic (exact) mass is 333 g/mol. The average Bonchev–Trinajstić information content (AvgIpc) is 2.61. The van der Waals surface area contributed by atoms with Crippen LogP contribution < -0.4 is 10.9 Å². The van der Waals surface area contributed by atoms with Crippen LogP contribution >= 0.6 is 0 Å². The molecule has 1 aromatic carbocycles. The first kappa shape index (κ1) is 15.6. The number of nitrogens with one attached hydrogen (secondary N) is 1. The summed E-state index contributed by atoms with van der Waals surface area (Å²) in [6, 6.07) is 12.0. The highest BCUT2D eigenvalue weighted by Gasteiger charge is 2.22. The zero-order valence-electron chi connectivity index (χ0n) is 14.0. The highest BCUT2D eigenvalue weighted by Crippen LogP contribution is 2.21. The van der Waals surface area contributed by atoms with Crippen molar-refractivity contribution in [1.29, 1.82) is 0 Å². The van der Waals surface area contributed by atoms with Crippen molar-refractivity contribution in [2.45, 2.75) is 32.2 Å². The second-order valence-corrected chi connectivity index (χ2v) is 6.59. The van der Waals surface area contributed by atoms with Crippen LogP contribution in [0.15, 0.2) is 53.6 Å². The van der Waals surface area contributed by atoms with Gasteiger partial charge in [-0.15, -0.1) is 0 Å². The third-order valence-corrected chi connectivity index (χ3v) is 4.79. The fourth-order valence-electron chi connectivity index (χ4n) is 3.42. The summed E-state index contributed by atoms with van der Waals surface area (Å²) in [4.78, 5) is 29.4. The van der Waals surface area contributed by atoms with Crippen LogP contribution in [-0.4, -0.2) is 21.3 Å². The molecule has 1 aliphatic rings. The number of amides is 1. The molecule has 25 heavy (non-hydrogen) atoms. The Morgan fingerprint density at radius 1 is 1.24 bits per heavy atom. The summed E-state index contributed by atoms with van der Waals surface area (Å²) >= 11 is 0. The maximum Gasteiger partial charge on any atom is 0.270 e. The number of benzene rings is 1. The van der Waals surface area contributed by atoms with Crippen LogP contribution in [0.2, 0.25) is 0 Å². The highest BCUT2D eigenvalue weighted by molar-refractivity contribution is 5.94. The lowest BCUT2D eigenvalue weighted by molar-refractivity contribution is 0.0931. The Morgan fingerprint density at radius 2 is 2.04 bits per heavy atom. The molecule has 1 amide bonds. The molecule has 2 aromatic heterocycles. The van der Waals surface area contributed by atoms with Gasteiger partial charge in [0.1, 0.15) is 11.2 Å². The fraction of sp³-hybridized carbons (Fsp3) is 0.250. The van der Waals surface area contributed by atoms with E-state index in [2.05, 4.69) is 22.4 Å². The predicted molar refractivity (Wildman–Crippen MR) is 95.9 cm³/mol. The normalized spacial score (nSPS) is 16.4. The molecule has 1 atom stereocenters. The van der Waals surface area contributed by atoms with Gasteiger partial charge in [-0.1, -0.05) is 24.3 Å². The topological polar surface area (TPSA) is 63.5 Å². The molecule has 1 unspecified atom stereocenters. The molecule has 0 bridgehead atoms. The molecule has 1 aliphatic carbocycles. The van der Waals surface area contributed by atoms with Gasteiger partial charge in [0.15, 0.2) is 0 Å². The van der Waals surface area contributed by atoms with Gasteiger partial charge < -0.3 is 5.32 Å². The van der Waals surface area contributed by atoms with Crippen molar-refractivity contribution in [1.82, 2.24) is 14.7 Å². The quantitative estimate of drug-likeness (QED) is 0.783. The summed E-state index contributed by atoms with van der Waals surface area (Å²) in [5, 5.41) is 3.00. The molecule has 5 heteroatoms. The number of hydrogen-bond acceptors (Lipinski definition) is 3. The number of fused-ring (bicyclic) bond motifs is 2. The van der Waals surface area contributed by atoms with Gasteiger partial charge in [-0.2, -0.15) is 0 Å². The smallest absolute Gasteiger partial charge is 0.270 e. The summed E-state index contributed by atoms with van der Waals surface area (Å²) in [5.74, 6) is -0.350. The SMILES string of the molecule is Cc1ccn2c(=O)c(C(=O)NC3CCc4ccccc4C3)cnc2c1. The summed E-state index contributed by atoms with van der Waals surface area (Å²) in [6.45, 7) is 1.94. The lowest BCUT2D eigenvalue weighted by atomic mass is 9.88. The van der Waals surface area contributed by atoms with E-state index in [0.717, 1.165) is 24.8 Å². The lowest BCUT2D eigenvalue weighted by Crippen LogP contribution is -2.41. The number of aryl methyl sites for hydroxylation is 2. The van der Waals surface area contributed by atoms with Crippen LogP contribution in [0, 0.1) is 6.92 Å². The van der Waals surface area contributed by atoms with E-state index < -0.39 is 0 Å². The molecule has 0 saturated heterocycles. The number of aromatic nitrogens is 2. The minimum atomic E-state index is -0.350. The van der Waals surface area contributed by atoms with Crippen LogP contribution in [0.25, 0.3) is 5.65 Å². The molecule has 0 saturated carbocycles. The summed E-state index contributed by atoms with van der Waals surface area (Å²) in [7, 11) is 0. The third kappa shape index (κ3) is 2.93. The van der Waals surface area contributed by atoms with Crippen LogP contribution in [0.1, 0.15) is 33.5 Å². The molecule has 2 heterocycles. The van der Waals surface area contributed by atoms with Crippen molar-refractivity contribution < 1.29 is 4.79 Å². The van der Waals surface area contributed by atoms with E-state index in [1.54, 1.807) is 6.20 Å². The molecule has 5 nitrogen and oxygen atoms in total. The van der Waals surface area contributed by atoms with Crippen molar-refractivity contribution in [2.75, 3.05) is 0 Å². The Kier molecular flexibility index (Phi) is 3.84. The fourth-order valence-corrected chi connectivity index (χ4v) is 3.42. The van der Waals surface area contributed by atoms with Crippen LogP contribution in [0.4, 0.5) is 0 Å². The van der Waals surface area contributed by atoms with E-state index in [1.807, 2.05) is 31.2 Å². The molecule has 0 aliphatic heterocycles. The molecule has 0 spiro atoms. The molecule has 4 rings (SSSR count). The zero-order valence-corrected chi connectivity index (χ0v) is 14.0. The Bertz CT molecular complexity index is 1020. The van der Waals surface area contributed by atoms with E-state index in [0.29, 0.717) is 5.65 Å². The van der Waals surface area contributed by atoms with Crippen LogP contribution in [0.5, 0.6) is 0 Å². The van der Waals surface area contributed by atoms with E-state index in [9.17, 15) is 9.59 Å². The lowest BCUT2D eigenvalue weighted by Gasteiger charge is -2.25. The van der Waals surface area contributed by atoms with Crippen LogP contribution in [-0.2, 0) is 12.8 Å². The van der Waals surface area contributed by atoms with Crippen molar-refractivity contribution in [2.24, 2.45) is 0 Å². The van der Waals surface area contributed by atoms with E-state index in [-0.39, 0.29) is 23.1 Å². The Labute approximate surface area is 145 Å². The number of hydrogen-bond donors (Lipinski definition) is 1. The van der Waals surface area contributed by atoms with E-state index >= 15 is 0 Å². The maximum atomic E-state index is 12.6. The summed E-state index contributed by atoms with van der Waals surface area (Å²) < 4.78 is 1.41. The van der Waals surface area contributed by atoms with Crippen molar-refractivity contribution in [3.8, 4) is 0 Å². The number of nitrogens with zero attached hydrogens (tertiary/aromatic N) is 2. The molecule has 0 fully saturated rings. The predicted octanol–water partition coefficient (Wildman–Crippen LogP) is 2.29. The Morgan fingerprint density at radius 3 is 2.88 bits per heavy atom. The summed E-state index contributed by atoms with van der Waals surface area (Å²) in [6.07, 6.45) is 5.65. The average molecular weight is 333 g/mol. The number of rotatable bonds is 2. The number of carbonyl (C=O) groups excluding carboxylic acids is 1. The van der Waals surface area contributed by atoms with Crippen molar-refractivity contribution in [3.63, 3.8) is 0 Å². The van der Waals surface area contributed by atoms with Gasteiger partial charge in [0.05, 0.1) is 0 Å². The van der Waals surface area contributed by atoms with E-state index in [1.165, 1.54) is 21.7 Å². The van der Waals surface area contributed by atoms with Crippen molar-refractivity contribution >= 4 is 11.6 Å². The first-order chi connectivity index (χ1) is 12.1. The molecular formula is C20H19N3O2. The Balaban J connectivity index is 1.58. The molecule has 126 valence electrons. The standard InChI is InChI=1S/C20H19N3O2/c1-13-8-9-23-18(10-13)21-12-17(20(23)25)19(24)22-16-7-6-14-4-2-3-5-15(14)11-16/h2-5,8-10,12,16H,6-7,11H2,1H3,(H,22,24). The second kappa shape index (κ2) is 6.16. The van der Waals surface area contributed by atoms with Gasteiger partial charge >= 0.3 is 0 Å². The first-order valence-electron chi connectivity index (χ1n) is 8.47. The van der Waals surface area contributed by atoms with Gasteiger partial charge in [-0.05, 0) is 55.0 Å². The number of carbonyl (C=O) groups is 1.